The van der Waals surface area contributed by atoms with Crippen molar-refractivity contribution in [3.05, 3.63) is 216 Å². The molecule has 110 heavy (non-hydrogen) atoms. The van der Waals surface area contributed by atoms with E-state index < -0.39 is 12.2 Å². The molecule has 4 aliphatic rings. The molecule has 2 N–H and O–H groups in total. The molecule has 6 aromatic carbocycles. The zero-order valence-electron chi connectivity index (χ0n) is 67.0. The van der Waals surface area contributed by atoms with Gasteiger partial charge in [0.25, 0.3) is 0 Å². The van der Waals surface area contributed by atoms with Crippen LogP contribution in [-0.4, -0.2) is 223 Å². The molecular formula is C92H122N10O8. The molecule has 5 atom stereocenters. The quantitative estimate of drug-likeness (QED) is 0.0425. The van der Waals surface area contributed by atoms with Crippen LogP contribution in [0.3, 0.4) is 0 Å². The molecule has 14 rings (SSSR count). The lowest BCUT2D eigenvalue weighted by Crippen LogP contribution is -2.49. The lowest BCUT2D eigenvalue weighted by atomic mass is 10.1. The SMILES string of the molecule is CC(=O)c1cn(CC(C)CN2CCN(C(C)c3ccccc3)CC2)c2ccccc12.CC(=O)c1cn(CC(O)CN2CCN(C(C)c3ccccc3)CC2)c2ccccc12.CCCOC1CCN(CC(O)Cn2cc(C(C)=O)c3ccccc32)CC1.CCCOC1CCN(CCn2cc(C(C)=O)c3ccccc32)CC1. The molecule has 0 bridgehead atoms. The molecule has 4 aromatic heterocycles. The lowest BCUT2D eigenvalue weighted by molar-refractivity contribution is -0.00308. The number of piperidine rings is 2. The number of hydrogen-bond acceptors (Lipinski definition) is 14. The largest absolute Gasteiger partial charge is 0.390 e. The highest BCUT2D eigenvalue weighted by atomic mass is 16.5. The zero-order chi connectivity index (χ0) is 77.6. The number of aliphatic hydroxyl groups is 2. The number of carbonyl (C=O) groups is 4. The number of aromatic nitrogens is 4. The number of ether oxygens (including phenoxy) is 2. The molecule has 18 heteroatoms. The van der Waals surface area contributed by atoms with E-state index in [0.717, 1.165) is 222 Å². The first-order valence-corrected chi connectivity index (χ1v) is 40.7. The maximum atomic E-state index is 12.0. The van der Waals surface area contributed by atoms with Crippen molar-refractivity contribution < 1.29 is 38.9 Å². The monoisotopic (exact) mass is 1490 g/mol. The van der Waals surface area contributed by atoms with Crippen LogP contribution in [0, 0.1) is 5.92 Å². The topological polar surface area (TPSA) is 166 Å². The molecule has 5 unspecified atom stereocenters. The van der Waals surface area contributed by atoms with E-state index in [0.29, 0.717) is 56.4 Å². The standard InChI is InChI=1S/C26H33N3O.C25H31N3O2.C21H30N2O3.C20H28N2O2/c1-20(18-29-19-25(22(3)30)24-11-7-8-12-26(24)29)17-27-13-15-28(16-14-27)21(2)23-9-5-4-6-10-23;1-19(21-8-4-3-5-9-21)27-14-12-26(13-15-27)16-22(30)17-28-18-24(20(2)29)23-10-6-7-11-25(23)28;1-3-12-26-18-8-10-22(11-9-18)13-17(25)14-23-15-20(16(2)24)19-6-4-5-7-21(19)23;1-3-14-24-17-8-10-21(11-9-17)12-13-22-15-19(16(2)23)18-6-4-5-7-20(18)22/h4-12,19-21H,13-18H2,1-3H3;3-11,18-19,22,30H,12-17H2,1-2H3;4-7,15,17-18,25H,3,8-14H2,1-2H3;4-7,15,17H,3,8-14H2,1-2H3. The van der Waals surface area contributed by atoms with E-state index in [2.05, 4.69) is 158 Å². The number of para-hydroxylation sites is 4. The van der Waals surface area contributed by atoms with Crippen LogP contribution < -0.4 is 0 Å². The van der Waals surface area contributed by atoms with Crippen LogP contribution in [-0.2, 0) is 35.7 Å². The van der Waals surface area contributed by atoms with Crippen molar-refractivity contribution in [3.8, 4) is 0 Å². The van der Waals surface area contributed by atoms with Crippen LogP contribution in [0.15, 0.2) is 183 Å². The molecule has 18 nitrogen and oxygen atoms in total. The molecule has 0 spiro atoms. The van der Waals surface area contributed by atoms with Gasteiger partial charge in [0, 0.05) is 247 Å². The van der Waals surface area contributed by atoms with Crippen molar-refractivity contribution in [2.45, 2.75) is 164 Å². The van der Waals surface area contributed by atoms with Gasteiger partial charge in [-0.1, -0.05) is 154 Å². The highest BCUT2D eigenvalue weighted by molar-refractivity contribution is 6.09. The van der Waals surface area contributed by atoms with E-state index in [1.54, 1.807) is 27.7 Å². The molecule has 0 aliphatic carbocycles. The molecule has 4 fully saturated rings. The normalized spacial score (nSPS) is 17.6. The van der Waals surface area contributed by atoms with Gasteiger partial charge in [-0.05, 0) is 121 Å². The number of β-amino-alcohol motifs (C(OH)–C–C–N with tert-alkyl or cyclic N) is 2. The number of hydrogen-bond donors (Lipinski definition) is 2. The van der Waals surface area contributed by atoms with Gasteiger partial charge >= 0.3 is 0 Å². The van der Waals surface area contributed by atoms with Crippen LogP contribution in [0.1, 0.15) is 165 Å². The maximum Gasteiger partial charge on any atom is 0.161 e. The van der Waals surface area contributed by atoms with Crippen molar-refractivity contribution in [3.63, 3.8) is 0 Å². The third-order valence-electron chi connectivity index (χ3n) is 22.8. The zero-order valence-corrected chi connectivity index (χ0v) is 67.0. The fourth-order valence-corrected chi connectivity index (χ4v) is 16.7. The predicted molar refractivity (Wildman–Crippen MR) is 446 cm³/mol. The molecule has 4 aliphatic heterocycles. The second-order valence-corrected chi connectivity index (χ2v) is 31.2. The maximum absolute atomic E-state index is 12.0. The molecule has 4 saturated heterocycles. The highest BCUT2D eigenvalue weighted by Crippen LogP contribution is 2.30. The second kappa shape index (κ2) is 40.8. The molecule has 0 amide bonds. The summed E-state index contributed by atoms with van der Waals surface area (Å²) >= 11 is 0. The van der Waals surface area contributed by atoms with Gasteiger partial charge in [0.05, 0.1) is 24.4 Å². The number of aliphatic hydroxyl groups excluding tert-OH is 2. The van der Waals surface area contributed by atoms with Crippen molar-refractivity contribution in [1.82, 2.24) is 47.7 Å². The van der Waals surface area contributed by atoms with Gasteiger partial charge in [-0.3, -0.25) is 33.9 Å². The van der Waals surface area contributed by atoms with Gasteiger partial charge in [0.1, 0.15) is 0 Å². The fourth-order valence-electron chi connectivity index (χ4n) is 16.7. The van der Waals surface area contributed by atoms with Gasteiger partial charge in [-0.25, -0.2) is 0 Å². The number of nitrogens with zero attached hydrogens (tertiary/aromatic N) is 10. The van der Waals surface area contributed by atoms with Crippen molar-refractivity contribution >= 4 is 66.7 Å². The smallest absolute Gasteiger partial charge is 0.161 e. The van der Waals surface area contributed by atoms with Crippen LogP contribution in [0.4, 0.5) is 0 Å². The third-order valence-corrected chi connectivity index (χ3v) is 22.8. The third kappa shape index (κ3) is 22.3. The first-order valence-electron chi connectivity index (χ1n) is 40.7. The van der Waals surface area contributed by atoms with Crippen molar-refractivity contribution in [2.24, 2.45) is 5.92 Å². The summed E-state index contributed by atoms with van der Waals surface area (Å²) in [6, 6.07) is 54.6. The minimum atomic E-state index is -0.473. The number of ketones is 4. The van der Waals surface area contributed by atoms with Gasteiger partial charge in [-0.15, -0.1) is 0 Å². The molecule has 0 saturated carbocycles. The van der Waals surface area contributed by atoms with E-state index in [-0.39, 0.29) is 23.1 Å². The molecule has 588 valence electrons. The van der Waals surface area contributed by atoms with E-state index in [1.165, 1.54) is 11.1 Å². The second-order valence-electron chi connectivity index (χ2n) is 31.2. The number of rotatable bonds is 29. The Kier molecular flexibility index (Phi) is 30.7. The Morgan fingerprint density at radius 3 is 1.01 bits per heavy atom. The van der Waals surface area contributed by atoms with E-state index in [9.17, 15) is 29.4 Å². The molecular weight excluding hydrogens is 1370 g/mol. The number of fused-ring (bicyclic) bond motifs is 4. The minimum absolute atomic E-state index is 0.0584. The Morgan fingerprint density at radius 2 is 0.655 bits per heavy atom. The Bertz CT molecular complexity index is 4370. The van der Waals surface area contributed by atoms with Crippen molar-refractivity contribution in [1.29, 1.82) is 0 Å². The fraction of sp³-hybridized carbons (Fsp3) is 0.478. The number of Topliss-reactive ketones (excluding diaryl/α,β-unsaturated/α-hetero) is 4. The first kappa shape index (κ1) is 82.7. The highest BCUT2D eigenvalue weighted by Gasteiger charge is 2.28. The van der Waals surface area contributed by atoms with Crippen LogP contribution in [0.2, 0.25) is 0 Å². The summed E-state index contributed by atoms with van der Waals surface area (Å²) in [5.74, 6) is 0.922. The number of benzene rings is 6. The Labute approximate surface area is 653 Å². The first-order chi connectivity index (χ1) is 53.3. The Hall–Kier alpha value is -8.24. The van der Waals surface area contributed by atoms with E-state index in [1.807, 2.05) is 107 Å². The lowest BCUT2D eigenvalue weighted by Gasteiger charge is -2.39. The molecule has 0 radical (unpaired) electrons. The number of likely N-dealkylation sites (tertiary alicyclic amines) is 2. The average Bonchev–Trinajstić information content (AvgIpc) is 1.66. The minimum Gasteiger partial charge on any atom is -0.390 e. The van der Waals surface area contributed by atoms with Crippen LogP contribution in [0.5, 0.6) is 0 Å². The number of piperazine rings is 2. The summed E-state index contributed by atoms with van der Waals surface area (Å²) in [7, 11) is 0. The molecule has 8 heterocycles. The summed E-state index contributed by atoms with van der Waals surface area (Å²) in [5, 5.41) is 25.4. The number of carbonyl (C=O) groups excluding carboxylic acids is 4. The summed E-state index contributed by atoms with van der Waals surface area (Å²) in [5.41, 5.74) is 10.2. The summed E-state index contributed by atoms with van der Waals surface area (Å²) in [6.07, 6.45) is 14.2. The van der Waals surface area contributed by atoms with Gasteiger partial charge in [-0.2, -0.15) is 0 Å². The summed E-state index contributed by atoms with van der Waals surface area (Å²) < 4.78 is 20.2. The van der Waals surface area contributed by atoms with E-state index in [4.69, 9.17) is 9.47 Å². The Balaban J connectivity index is 0.000000146. The van der Waals surface area contributed by atoms with Gasteiger partial charge in [0.2, 0.25) is 0 Å². The average molecular weight is 1500 g/mol. The molecule has 10 aromatic rings. The van der Waals surface area contributed by atoms with Crippen LogP contribution in [0.25, 0.3) is 43.6 Å². The van der Waals surface area contributed by atoms with Gasteiger partial charge < -0.3 is 52.7 Å². The van der Waals surface area contributed by atoms with Crippen LogP contribution >= 0.6 is 0 Å². The van der Waals surface area contributed by atoms with Crippen molar-refractivity contribution in [2.75, 3.05) is 118 Å². The van der Waals surface area contributed by atoms with Gasteiger partial charge in [0.15, 0.2) is 23.1 Å². The summed E-state index contributed by atoms with van der Waals surface area (Å²) in [4.78, 5) is 62.6. The Morgan fingerprint density at radius 1 is 0.355 bits per heavy atom. The van der Waals surface area contributed by atoms with E-state index >= 15 is 0 Å². The predicted octanol–water partition coefficient (Wildman–Crippen LogP) is 15.3. The summed E-state index contributed by atoms with van der Waals surface area (Å²) in [6.45, 7) is 38.2.